The highest BCUT2D eigenvalue weighted by atomic mass is 32.1. The number of methoxy groups -OCH3 is 1. The van der Waals surface area contributed by atoms with E-state index in [0.717, 1.165) is 0 Å². The number of hydrogen-bond donors (Lipinski definition) is 2. The number of hydrogen-bond acceptors (Lipinski definition) is 6. The van der Waals surface area contributed by atoms with E-state index in [0.29, 0.717) is 24.0 Å². The van der Waals surface area contributed by atoms with Crippen molar-refractivity contribution in [1.82, 2.24) is 9.97 Å². The maximum atomic E-state index is 11.7. The minimum atomic E-state index is -0.494. The second kappa shape index (κ2) is 6.98. The topological polar surface area (TPSA) is 90.1 Å². The van der Waals surface area contributed by atoms with Crippen molar-refractivity contribution in [3.05, 3.63) is 18.0 Å². The molecule has 0 saturated heterocycles. The summed E-state index contributed by atoms with van der Waals surface area (Å²) < 4.78 is 4.76. The number of carbonyl (C=O) groups excluding carboxylic acids is 1. The van der Waals surface area contributed by atoms with Gasteiger partial charge in [-0.1, -0.05) is 26.1 Å². The van der Waals surface area contributed by atoms with Gasteiger partial charge in [0.05, 0.1) is 7.11 Å². The third-order valence-electron chi connectivity index (χ3n) is 2.40. The molecule has 1 atom stereocenters. The second-order valence-electron chi connectivity index (χ2n) is 4.48. The quantitative estimate of drug-likeness (QED) is 0.596. The molecule has 0 spiro atoms. The zero-order chi connectivity index (χ0) is 14.4. The number of nitrogens with two attached hydrogens (primary N) is 1. The Morgan fingerprint density at radius 2 is 2.26 bits per heavy atom. The van der Waals surface area contributed by atoms with E-state index in [-0.39, 0.29) is 11.0 Å². The zero-order valence-electron chi connectivity index (χ0n) is 11.2. The third-order valence-corrected chi connectivity index (χ3v) is 2.61. The molecule has 0 fully saturated rings. The summed E-state index contributed by atoms with van der Waals surface area (Å²) in [6.07, 6.45) is 2.15. The predicted octanol–water partition coefficient (Wildman–Crippen LogP) is 1.11. The monoisotopic (exact) mass is 282 g/mol. The van der Waals surface area contributed by atoms with Gasteiger partial charge in [0, 0.05) is 6.20 Å². The van der Waals surface area contributed by atoms with Crippen LogP contribution in [0, 0.1) is 5.92 Å². The van der Waals surface area contributed by atoms with E-state index in [9.17, 15) is 4.79 Å². The van der Waals surface area contributed by atoms with E-state index in [1.165, 1.54) is 13.3 Å². The van der Waals surface area contributed by atoms with Crippen LogP contribution in [0.15, 0.2) is 12.3 Å². The number of rotatable bonds is 6. The molecule has 1 rings (SSSR count). The van der Waals surface area contributed by atoms with E-state index in [1.54, 1.807) is 6.07 Å². The normalized spacial score (nSPS) is 12.0. The van der Waals surface area contributed by atoms with E-state index in [4.69, 9.17) is 22.7 Å². The highest BCUT2D eigenvalue weighted by Gasteiger charge is 2.21. The number of esters is 1. The van der Waals surface area contributed by atoms with Crippen LogP contribution in [-0.4, -0.2) is 34.1 Å². The lowest BCUT2D eigenvalue weighted by molar-refractivity contribution is -0.141. The minimum Gasteiger partial charge on any atom is -0.467 e. The molecular weight excluding hydrogens is 264 g/mol. The van der Waals surface area contributed by atoms with Gasteiger partial charge in [0.15, 0.2) is 0 Å². The van der Waals surface area contributed by atoms with Crippen molar-refractivity contribution in [2.24, 2.45) is 11.7 Å². The lowest BCUT2D eigenvalue weighted by Crippen LogP contribution is -2.33. The number of nitrogens with one attached hydrogen (secondary N) is 1. The van der Waals surface area contributed by atoms with Crippen molar-refractivity contribution in [1.29, 1.82) is 0 Å². The highest BCUT2D eigenvalue weighted by Crippen LogP contribution is 2.11. The molecule has 0 aromatic carbocycles. The molecule has 6 nitrogen and oxygen atoms in total. The molecule has 1 aromatic rings. The highest BCUT2D eigenvalue weighted by molar-refractivity contribution is 7.80. The Hall–Kier alpha value is -1.76. The van der Waals surface area contributed by atoms with Gasteiger partial charge in [-0.15, -0.1) is 0 Å². The molecule has 1 unspecified atom stereocenters. The van der Waals surface area contributed by atoms with Crippen LogP contribution in [-0.2, 0) is 9.53 Å². The lowest BCUT2D eigenvalue weighted by atomic mass is 10.0. The van der Waals surface area contributed by atoms with Crippen LogP contribution < -0.4 is 11.1 Å². The van der Waals surface area contributed by atoms with Crippen molar-refractivity contribution in [2.75, 3.05) is 12.4 Å². The predicted molar refractivity (Wildman–Crippen MR) is 76.8 cm³/mol. The Bertz CT molecular complexity index is 465. The Balaban J connectivity index is 2.86. The summed E-state index contributed by atoms with van der Waals surface area (Å²) in [7, 11) is 1.35. The van der Waals surface area contributed by atoms with E-state index < -0.39 is 6.04 Å². The molecule has 1 heterocycles. The number of ether oxygens (including phenoxy) is 1. The van der Waals surface area contributed by atoms with Crippen molar-refractivity contribution in [2.45, 2.75) is 26.3 Å². The first-order valence-corrected chi connectivity index (χ1v) is 6.32. The molecule has 0 aliphatic carbocycles. The fraction of sp³-hybridized carbons (Fsp3) is 0.500. The molecule has 1 aromatic heterocycles. The van der Waals surface area contributed by atoms with E-state index in [1.807, 2.05) is 13.8 Å². The summed E-state index contributed by atoms with van der Waals surface area (Å²) in [5, 5.41) is 2.94. The lowest BCUT2D eigenvalue weighted by Gasteiger charge is -2.18. The largest absolute Gasteiger partial charge is 0.467 e. The number of carbonyl (C=O) groups is 1. The van der Waals surface area contributed by atoms with Crippen LogP contribution in [0.5, 0.6) is 0 Å². The average Bonchev–Trinajstić information content (AvgIpc) is 2.36. The van der Waals surface area contributed by atoms with Gasteiger partial charge in [-0.2, -0.15) is 0 Å². The third kappa shape index (κ3) is 4.78. The zero-order valence-corrected chi connectivity index (χ0v) is 12.0. The molecule has 3 N–H and O–H groups in total. The van der Waals surface area contributed by atoms with Crippen molar-refractivity contribution >= 4 is 29.1 Å². The fourth-order valence-corrected chi connectivity index (χ4v) is 1.66. The van der Waals surface area contributed by atoms with Gasteiger partial charge in [-0.3, -0.25) is 0 Å². The summed E-state index contributed by atoms with van der Waals surface area (Å²) in [4.78, 5) is 20.0. The standard InChI is InChI=1S/C12H18N4O2S/c1-7(2)6-9(11(17)18-3)16-12-14-5-4-8(15-12)10(13)19/h4-5,7,9H,6H2,1-3H3,(H2,13,19)(H,14,15,16). The van der Waals surface area contributed by atoms with Crippen LogP contribution in [0.2, 0.25) is 0 Å². The van der Waals surface area contributed by atoms with Crippen LogP contribution in [0.3, 0.4) is 0 Å². The van der Waals surface area contributed by atoms with E-state index in [2.05, 4.69) is 15.3 Å². The molecule has 0 aliphatic heterocycles. The second-order valence-corrected chi connectivity index (χ2v) is 4.92. The molecule has 7 heteroatoms. The Morgan fingerprint density at radius 1 is 1.58 bits per heavy atom. The van der Waals surface area contributed by atoms with Gasteiger partial charge in [0.25, 0.3) is 0 Å². The van der Waals surface area contributed by atoms with E-state index >= 15 is 0 Å². The van der Waals surface area contributed by atoms with Gasteiger partial charge < -0.3 is 15.8 Å². The van der Waals surface area contributed by atoms with Gasteiger partial charge >= 0.3 is 5.97 Å². The number of aromatic nitrogens is 2. The molecular formula is C12H18N4O2S. The molecule has 0 radical (unpaired) electrons. The maximum absolute atomic E-state index is 11.7. The minimum absolute atomic E-state index is 0.184. The van der Waals surface area contributed by atoms with Crippen molar-refractivity contribution in [3.63, 3.8) is 0 Å². The van der Waals surface area contributed by atoms with Gasteiger partial charge in [-0.05, 0) is 18.4 Å². The summed E-state index contributed by atoms with van der Waals surface area (Å²) >= 11 is 4.85. The summed E-state index contributed by atoms with van der Waals surface area (Å²) in [6, 6.07) is 1.12. The molecule has 0 bridgehead atoms. The molecule has 0 aliphatic rings. The fourth-order valence-electron chi connectivity index (χ4n) is 1.55. The SMILES string of the molecule is COC(=O)C(CC(C)C)Nc1nccc(C(N)=S)n1. The number of anilines is 1. The summed E-state index contributed by atoms with van der Waals surface area (Å²) in [5.74, 6) is 0.287. The van der Waals surface area contributed by atoms with Crippen molar-refractivity contribution < 1.29 is 9.53 Å². The van der Waals surface area contributed by atoms with Gasteiger partial charge in [0.2, 0.25) is 5.95 Å². The molecule has 0 saturated carbocycles. The van der Waals surface area contributed by atoms with Crippen LogP contribution in [0.4, 0.5) is 5.95 Å². The first-order valence-electron chi connectivity index (χ1n) is 5.91. The summed E-state index contributed by atoms with van der Waals surface area (Å²) in [6.45, 7) is 4.04. The first kappa shape index (κ1) is 15.3. The smallest absolute Gasteiger partial charge is 0.328 e. The van der Waals surface area contributed by atoms with Gasteiger partial charge in [-0.25, -0.2) is 14.8 Å². The Labute approximate surface area is 117 Å². The number of thiocarbonyl (C=S) groups is 1. The summed E-state index contributed by atoms with van der Waals surface area (Å²) in [5.41, 5.74) is 5.96. The molecule has 104 valence electrons. The first-order chi connectivity index (χ1) is 8.93. The van der Waals surface area contributed by atoms with Crippen LogP contribution in [0.25, 0.3) is 0 Å². The Morgan fingerprint density at radius 3 is 2.79 bits per heavy atom. The van der Waals surface area contributed by atoms with Crippen molar-refractivity contribution in [3.8, 4) is 0 Å². The van der Waals surface area contributed by atoms with Crippen LogP contribution in [0.1, 0.15) is 26.0 Å². The molecule has 19 heavy (non-hydrogen) atoms. The molecule has 0 amide bonds. The number of nitrogens with zero attached hydrogens (tertiary/aromatic N) is 2. The van der Waals surface area contributed by atoms with Gasteiger partial charge in [0.1, 0.15) is 16.7 Å². The Kier molecular flexibility index (Phi) is 5.62. The average molecular weight is 282 g/mol. The van der Waals surface area contributed by atoms with Crippen LogP contribution >= 0.6 is 12.2 Å². The maximum Gasteiger partial charge on any atom is 0.328 e.